The molecule has 0 spiro atoms. The number of aryl methyl sites for hydroxylation is 1. The molecule has 0 fully saturated rings. The minimum absolute atomic E-state index is 0.531. The Morgan fingerprint density at radius 1 is 1.08 bits per heavy atom. The van der Waals surface area contributed by atoms with E-state index < -0.39 is 0 Å². The van der Waals surface area contributed by atoms with Crippen molar-refractivity contribution in [3.63, 3.8) is 0 Å². The monoisotopic (exact) mass is 368 g/mol. The number of nitrogens with zero attached hydrogens (tertiary/aromatic N) is 2. The predicted molar refractivity (Wildman–Crippen MR) is 109 cm³/mol. The van der Waals surface area contributed by atoms with Crippen molar-refractivity contribution < 1.29 is 4.74 Å². The molecule has 0 radical (unpaired) electrons. The van der Waals surface area contributed by atoms with Crippen molar-refractivity contribution in [3.05, 3.63) is 53.3 Å². The first kappa shape index (κ1) is 18.7. The lowest BCUT2D eigenvalue weighted by Crippen LogP contribution is -2.11. The highest BCUT2D eigenvalue weighted by Crippen LogP contribution is 2.30. The Bertz CT molecular complexity index is 908. The third kappa shape index (κ3) is 4.34. The number of aromatic nitrogens is 2. The van der Waals surface area contributed by atoms with Gasteiger partial charge in [-0.1, -0.05) is 38.4 Å². The summed E-state index contributed by atoms with van der Waals surface area (Å²) in [6.45, 7) is 9.49. The Hall–Kier alpha value is -2.13. The van der Waals surface area contributed by atoms with Gasteiger partial charge < -0.3 is 4.74 Å². The van der Waals surface area contributed by atoms with E-state index in [9.17, 15) is 0 Å². The van der Waals surface area contributed by atoms with Gasteiger partial charge >= 0.3 is 0 Å². The highest BCUT2D eigenvalue weighted by Gasteiger charge is 2.11. The molecule has 136 valence electrons. The molecule has 3 nitrogen and oxygen atoms in total. The molecule has 0 N–H and O–H groups in total. The third-order valence-electron chi connectivity index (χ3n) is 4.44. The average Bonchev–Trinajstić information content (AvgIpc) is 2.59. The van der Waals surface area contributed by atoms with Crippen LogP contribution in [0.25, 0.3) is 22.2 Å². The van der Waals surface area contributed by atoms with Crippen molar-refractivity contribution in [2.75, 3.05) is 6.61 Å². The number of ether oxygens (including phenoxy) is 1. The summed E-state index contributed by atoms with van der Waals surface area (Å²) in [6, 6.07) is 9.82. The smallest absolute Gasteiger partial charge is 0.140 e. The molecule has 2 aromatic heterocycles. The van der Waals surface area contributed by atoms with E-state index in [2.05, 4.69) is 43.7 Å². The summed E-state index contributed by atoms with van der Waals surface area (Å²) in [5, 5.41) is 1.73. The minimum atomic E-state index is 0.531. The van der Waals surface area contributed by atoms with Crippen LogP contribution in [0.1, 0.15) is 32.8 Å². The first-order valence-electron chi connectivity index (χ1n) is 9.08. The maximum atomic E-state index is 6.08. The largest absolute Gasteiger partial charge is 0.491 e. The zero-order valence-corrected chi connectivity index (χ0v) is 16.5. The van der Waals surface area contributed by atoms with Gasteiger partial charge in [-0.15, -0.1) is 0 Å². The SMILES string of the molecule is Cc1cc(-c2ccnc3cc(Cl)ccc23)ncc1OC[C@@H](C)CC(C)C. The summed E-state index contributed by atoms with van der Waals surface area (Å²) in [5.74, 6) is 2.07. The molecule has 1 atom stereocenters. The molecule has 26 heavy (non-hydrogen) atoms. The minimum Gasteiger partial charge on any atom is -0.491 e. The lowest BCUT2D eigenvalue weighted by atomic mass is 10.00. The molecular formula is C22H25ClN2O. The van der Waals surface area contributed by atoms with Crippen LogP contribution in [0.3, 0.4) is 0 Å². The van der Waals surface area contributed by atoms with Crippen LogP contribution in [-0.2, 0) is 0 Å². The molecule has 0 amide bonds. The van der Waals surface area contributed by atoms with Gasteiger partial charge in [0.15, 0.2) is 0 Å². The number of halogens is 1. The predicted octanol–water partition coefficient (Wildman–Crippen LogP) is 6.32. The number of hydrogen-bond acceptors (Lipinski definition) is 3. The summed E-state index contributed by atoms with van der Waals surface area (Å²) in [5.41, 5.74) is 3.93. The second kappa shape index (κ2) is 8.05. The Labute approximate surface area is 160 Å². The normalized spacial score (nSPS) is 12.5. The maximum Gasteiger partial charge on any atom is 0.140 e. The number of pyridine rings is 2. The summed E-state index contributed by atoms with van der Waals surface area (Å²) >= 11 is 6.08. The highest BCUT2D eigenvalue weighted by atomic mass is 35.5. The van der Waals surface area contributed by atoms with Crippen molar-refractivity contribution in [3.8, 4) is 17.0 Å². The van der Waals surface area contributed by atoms with Gasteiger partial charge in [-0.3, -0.25) is 9.97 Å². The van der Waals surface area contributed by atoms with Crippen LogP contribution in [0.4, 0.5) is 0 Å². The summed E-state index contributed by atoms with van der Waals surface area (Å²) in [4.78, 5) is 9.04. The lowest BCUT2D eigenvalue weighted by molar-refractivity contribution is 0.237. The van der Waals surface area contributed by atoms with Crippen LogP contribution < -0.4 is 4.74 Å². The summed E-state index contributed by atoms with van der Waals surface area (Å²) < 4.78 is 6.00. The van der Waals surface area contributed by atoms with E-state index in [0.29, 0.717) is 16.9 Å². The molecule has 0 unspecified atom stereocenters. The van der Waals surface area contributed by atoms with Gasteiger partial charge in [-0.05, 0) is 55.0 Å². The number of benzene rings is 1. The molecule has 3 aromatic rings. The lowest BCUT2D eigenvalue weighted by Gasteiger charge is -2.16. The molecule has 0 bridgehead atoms. The fraction of sp³-hybridized carbons (Fsp3) is 0.364. The quantitative estimate of drug-likeness (QED) is 0.510. The average molecular weight is 369 g/mol. The number of hydrogen-bond donors (Lipinski definition) is 0. The zero-order valence-electron chi connectivity index (χ0n) is 15.8. The third-order valence-corrected chi connectivity index (χ3v) is 4.68. The van der Waals surface area contributed by atoms with Crippen LogP contribution in [0.15, 0.2) is 42.7 Å². The Morgan fingerprint density at radius 2 is 1.88 bits per heavy atom. The topological polar surface area (TPSA) is 35.0 Å². The van der Waals surface area contributed by atoms with Crippen molar-refractivity contribution in [1.29, 1.82) is 0 Å². The zero-order chi connectivity index (χ0) is 18.7. The van der Waals surface area contributed by atoms with E-state index >= 15 is 0 Å². The van der Waals surface area contributed by atoms with Gasteiger partial charge in [0.05, 0.1) is 24.0 Å². The van der Waals surface area contributed by atoms with Gasteiger partial charge in [-0.2, -0.15) is 0 Å². The van der Waals surface area contributed by atoms with E-state index in [1.165, 1.54) is 0 Å². The van der Waals surface area contributed by atoms with Crippen LogP contribution >= 0.6 is 11.6 Å². The molecular weight excluding hydrogens is 344 g/mol. The molecule has 2 heterocycles. The van der Waals surface area contributed by atoms with Crippen molar-refractivity contribution in [1.82, 2.24) is 9.97 Å². The highest BCUT2D eigenvalue weighted by molar-refractivity contribution is 6.31. The first-order valence-corrected chi connectivity index (χ1v) is 9.46. The second-order valence-electron chi connectivity index (χ2n) is 7.40. The van der Waals surface area contributed by atoms with Gasteiger partial charge in [-0.25, -0.2) is 0 Å². The summed E-state index contributed by atoms with van der Waals surface area (Å²) in [6.07, 6.45) is 4.79. The molecule has 3 rings (SSSR count). The van der Waals surface area contributed by atoms with Crippen molar-refractivity contribution >= 4 is 22.5 Å². The van der Waals surface area contributed by atoms with E-state index in [1.54, 1.807) is 6.20 Å². The summed E-state index contributed by atoms with van der Waals surface area (Å²) in [7, 11) is 0. The molecule has 0 saturated heterocycles. The van der Waals surface area contributed by atoms with E-state index in [-0.39, 0.29) is 0 Å². The Kier molecular flexibility index (Phi) is 5.77. The fourth-order valence-corrected chi connectivity index (χ4v) is 3.46. The van der Waals surface area contributed by atoms with Crippen LogP contribution in [0, 0.1) is 18.8 Å². The van der Waals surface area contributed by atoms with Crippen molar-refractivity contribution in [2.45, 2.75) is 34.1 Å². The molecule has 0 saturated carbocycles. The van der Waals surface area contributed by atoms with Crippen LogP contribution in [-0.4, -0.2) is 16.6 Å². The Balaban J connectivity index is 1.84. The van der Waals surface area contributed by atoms with Crippen LogP contribution in [0.5, 0.6) is 5.75 Å². The van der Waals surface area contributed by atoms with E-state index in [4.69, 9.17) is 16.3 Å². The van der Waals surface area contributed by atoms with E-state index in [0.717, 1.165) is 46.5 Å². The van der Waals surface area contributed by atoms with Crippen molar-refractivity contribution in [2.24, 2.45) is 11.8 Å². The maximum absolute atomic E-state index is 6.08. The molecule has 1 aromatic carbocycles. The van der Waals surface area contributed by atoms with Crippen LogP contribution in [0.2, 0.25) is 5.02 Å². The van der Waals surface area contributed by atoms with Gasteiger partial charge in [0.25, 0.3) is 0 Å². The standard InChI is InChI=1S/C22H25ClN2O/c1-14(2)9-15(3)13-26-22-12-25-20(10-16(22)4)19-7-8-24-21-11-17(23)5-6-18(19)21/h5-8,10-12,14-15H,9,13H2,1-4H3/t15-/m0/s1. The van der Waals surface area contributed by atoms with Gasteiger partial charge in [0.1, 0.15) is 5.75 Å². The van der Waals surface area contributed by atoms with Gasteiger partial charge in [0, 0.05) is 22.2 Å². The van der Waals surface area contributed by atoms with Gasteiger partial charge in [0.2, 0.25) is 0 Å². The molecule has 0 aliphatic rings. The molecule has 0 aliphatic carbocycles. The number of fused-ring (bicyclic) bond motifs is 1. The first-order chi connectivity index (χ1) is 12.4. The molecule has 4 heteroatoms. The second-order valence-corrected chi connectivity index (χ2v) is 7.84. The Morgan fingerprint density at radius 3 is 2.62 bits per heavy atom. The fourth-order valence-electron chi connectivity index (χ4n) is 3.29. The molecule has 0 aliphatic heterocycles. The van der Waals surface area contributed by atoms with E-state index in [1.807, 2.05) is 30.5 Å². The number of rotatable bonds is 6.